The van der Waals surface area contributed by atoms with E-state index in [0.717, 1.165) is 11.1 Å². The topological polar surface area (TPSA) is 97.1 Å². The number of ether oxygens (including phenoxy) is 4. The molecule has 8 heteroatoms. The quantitative estimate of drug-likeness (QED) is 0.342. The predicted octanol–water partition coefficient (Wildman–Crippen LogP) is 4.52. The van der Waals surface area contributed by atoms with Gasteiger partial charge in [-0.2, -0.15) is 0 Å². The van der Waals surface area contributed by atoms with Gasteiger partial charge in [-0.3, -0.25) is 14.9 Å². The average Bonchev–Trinajstić information content (AvgIpc) is 3.36. The second-order valence-corrected chi connectivity index (χ2v) is 6.92. The van der Waals surface area contributed by atoms with Gasteiger partial charge in [0.2, 0.25) is 12.6 Å². The lowest BCUT2D eigenvalue weighted by Gasteiger charge is -2.07. The first-order valence-corrected chi connectivity index (χ1v) is 9.41. The van der Waals surface area contributed by atoms with Crippen LogP contribution in [0.25, 0.3) is 6.08 Å². The number of nitro groups is 1. The van der Waals surface area contributed by atoms with Crippen LogP contribution in [0.5, 0.6) is 23.0 Å². The van der Waals surface area contributed by atoms with Crippen molar-refractivity contribution < 1.29 is 28.7 Å². The summed E-state index contributed by atoms with van der Waals surface area (Å²) in [6.07, 6.45) is 1.65. The smallest absolute Gasteiger partial charge is 0.269 e. The van der Waals surface area contributed by atoms with Crippen LogP contribution in [-0.2, 0) is 6.61 Å². The van der Waals surface area contributed by atoms with Crippen molar-refractivity contribution in [2.45, 2.75) is 6.61 Å². The van der Waals surface area contributed by atoms with Crippen LogP contribution >= 0.6 is 0 Å². The van der Waals surface area contributed by atoms with E-state index in [4.69, 9.17) is 18.9 Å². The summed E-state index contributed by atoms with van der Waals surface area (Å²) in [4.78, 5) is 23.0. The summed E-state index contributed by atoms with van der Waals surface area (Å²) in [7, 11) is 0. The van der Waals surface area contributed by atoms with Gasteiger partial charge < -0.3 is 18.9 Å². The maximum Gasteiger partial charge on any atom is 0.269 e. The molecule has 2 aliphatic heterocycles. The number of allylic oxidation sites excluding steroid dienone is 1. The molecule has 0 saturated heterocycles. The van der Waals surface area contributed by atoms with Crippen molar-refractivity contribution in [2.75, 3.05) is 6.79 Å². The molecule has 2 heterocycles. The first kappa shape index (κ1) is 18.7. The minimum atomic E-state index is -0.450. The third-order valence-electron chi connectivity index (χ3n) is 4.89. The van der Waals surface area contributed by atoms with Gasteiger partial charge in [-0.25, -0.2) is 0 Å². The lowest BCUT2D eigenvalue weighted by molar-refractivity contribution is -0.384. The fourth-order valence-electron chi connectivity index (χ4n) is 3.29. The molecular weight excluding hydrogens is 402 g/mol. The van der Waals surface area contributed by atoms with Crippen molar-refractivity contribution in [1.29, 1.82) is 0 Å². The molecule has 0 radical (unpaired) electrons. The lowest BCUT2D eigenvalue weighted by Crippen LogP contribution is -1.98. The number of non-ortho nitro benzene ring substituents is 1. The van der Waals surface area contributed by atoms with Gasteiger partial charge in [-0.1, -0.05) is 6.07 Å². The largest absolute Gasteiger partial charge is 0.489 e. The second kappa shape index (κ2) is 7.49. The number of carbonyl (C=O) groups is 1. The molecule has 154 valence electrons. The van der Waals surface area contributed by atoms with Gasteiger partial charge in [0, 0.05) is 18.2 Å². The van der Waals surface area contributed by atoms with E-state index >= 15 is 0 Å². The highest BCUT2D eigenvalue weighted by Gasteiger charge is 2.28. The summed E-state index contributed by atoms with van der Waals surface area (Å²) in [6, 6.07) is 16.5. The molecule has 0 aliphatic carbocycles. The van der Waals surface area contributed by atoms with Crippen molar-refractivity contribution in [3.05, 3.63) is 93.2 Å². The fourth-order valence-corrected chi connectivity index (χ4v) is 3.29. The number of ketones is 1. The lowest BCUT2D eigenvalue weighted by atomic mass is 10.1. The number of Topliss-reactive ketones (excluding diaryl/α,β-unsaturated/α-hetero) is 1. The van der Waals surface area contributed by atoms with E-state index < -0.39 is 4.92 Å². The zero-order chi connectivity index (χ0) is 21.4. The Hall–Kier alpha value is -4.33. The molecule has 0 N–H and O–H groups in total. The van der Waals surface area contributed by atoms with Crippen LogP contribution in [0.1, 0.15) is 21.5 Å². The first-order valence-electron chi connectivity index (χ1n) is 9.41. The highest BCUT2D eigenvalue weighted by atomic mass is 16.7. The molecule has 2 aliphatic rings. The molecule has 0 atom stereocenters. The second-order valence-electron chi connectivity index (χ2n) is 6.92. The monoisotopic (exact) mass is 417 g/mol. The Morgan fingerprint density at radius 1 is 0.968 bits per heavy atom. The summed E-state index contributed by atoms with van der Waals surface area (Å²) in [5.74, 6) is 2.22. The molecule has 3 aromatic carbocycles. The Balaban J connectivity index is 1.30. The van der Waals surface area contributed by atoms with Gasteiger partial charge in [0.1, 0.15) is 18.1 Å². The molecule has 0 fully saturated rings. The van der Waals surface area contributed by atoms with Crippen LogP contribution in [0.3, 0.4) is 0 Å². The van der Waals surface area contributed by atoms with Crippen LogP contribution in [0.15, 0.2) is 66.4 Å². The zero-order valence-electron chi connectivity index (χ0n) is 16.1. The third kappa shape index (κ3) is 3.66. The number of nitro benzene ring substituents is 1. The molecule has 3 aromatic rings. The summed E-state index contributed by atoms with van der Waals surface area (Å²) in [6.45, 7) is 0.406. The van der Waals surface area contributed by atoms with Gasteiger partial charge in [-0.15, -0.1) is 0 Å². The number of hydrogen-bond acceptors (Lipinski definition) is 7. The zero-order valence-corrected chi connectivity index (χ0v) is 16.1. The van der Waals surface area contributed by atoms with E-state index in [0.29, 0.717) is 28.6 Å². The molecule has 0 bridgehead atoms. The van der Waals surface area contributed by atoms with E-state index in [2.05, 4.69) is 0 Å². The molecule has 31 heavy (non-hydrogen) atoms. The minimum Gasteiger partial charge on any atom is -0.489 e. The molecule has 0 spiro atoms. The van der Waals surface area contributed by atoms with Crippen molar-refractivity contribution in [3.8, 4) is 23.0 Å². The summed E-state index contributed by atoms with van der Waals surface area (Å²) < 4.78 is 22.2. The Bertz CT molecular complexity index is 1230. The Morgan fingerprint density at radius 3 is 2.58 bits per heavy atom. The fraction of sp³-hybridized carbons (Fsp3) is 0.0870. The number of hydrogen-bond donors (Lipinski definition) is 0. The van der Waals surface area contributed by atoms with Gasteiger partial charge in [0.25, 0.3) is 5.69 Å². The minimum absolute atomic E-state index is 0.0231. The normalized spacial score (nSPS) is 15.0. The molecule has 0 saturated carbocycles. The summed E-state index contributed by atoms with van der Waals surface area (Å²) in [5.41, 5.74) is 2.02. The number of carbonyl (C=O) groups excluding carboxylic acids is 1. The summed E-state index contributed by atoms with van der Waals surface area (Å²) >= 11 is 0. The van der Waals surface area contributed by atoms with E-state index in [9.17, 15) is 14.9 Å². The third-order valence-corrected chi connectivity index (χ3v) is 4.89. The van der Waals surface area contributed by atoms with E-state index in [1.54, 1.807) is 48.5 Å². The Labute approximate surface area is 176 Å². The van der Waals surface area contributed by atoms with E-state index in [1.165, 1.54) is 12.1 Å². The maximum atomic E-state index is 12.7. The molecule has 0 amide bonds. The Morgan fingerprint density at radius 2 is 1.77 bits per heavy atom. The highest BCUT2D eigenvalue weighted by molar-refractivity contribution is 6.14. The standard InChI is InChI=1S/C23H15NO7/c25-23-18-7-6-17(28-12-14-1-4-16(5-2-14)24(26)27)11-20(18)31-22(23)10-15-3-8-19-21(9-15)30-13-29-19/h1-11H,12-13H2/b22-10-. The van der Waals surface area contributed by atoms with Crippen LogP contribution in [0.4, 0.5) is 5.69 Å². The molecular formula is C23H15NO7. The van der Waals surface area contributed by atoms with E-state index in [1.807, 2.05) is 6.07 Å². The molecule has 0 aromatic heterocycles. The van der Waals surface area contributed by atoms with Crippen molar-refractivity contribution >= 4 is 17.5 Å². The number of benzene rings is 3. The first-order chi connectivity index (χ1) is 15.1. The van der Waals surface area contributed by atoms with Crippen LogP contribution in [-0.4, -0.2) is 17.5 Å². The van der Waals surface area contributed by atoms with Crippen LogP contribution < -0.4 is 18.9 Å². The van der Waals surface area contributed by atoms with Crippen LogP contribution in [0, 0.1) is 10.1 Å². The highest BCUT2D eigenvalue weighted by Crippen LogP contribution is 2.37. The predicted molar refractivity (Wildman–Crippen MR) is 109 cm³/mol. The number of fused-ring (bicyclic) bond motifs is 2. The van der Waals surface area contributed by atoms with Crippen molar-refractivity contribution in [1.82, 2.24) is 0 Å². The van der Waals surface area contributed by atoms with Crippen LogP contribution in [0.2, 0.25) is 0 Å². The van der Waals surface area contributed by atoms with Gasteiger partial charge in [0.05, 0.1) is 10.5 Å². The molecule has 8 nitrogen and oxygen atoms in total. The average molecular weight is 417 g/mol. The summed E-state index contributed by atoms with van der Waals surface area (Å²) in [5, 5.41) is 10.7. The van der Waals surface area contributed by atoms with E-state index in [-0.39, 0.29) is 30.6 Å². The number of nitrogens with zero attached hydrogens (tertiary/aromatic N) is 1. The maximum absolute atomic E-state index is 12.7. The van der Waals surface area contributed by atoms with Gasteiger partial charge >= 0.3 is 0 Å². The van der Waals surface area contributed by atoms with Gasteiger partial charge in [-0.05, 0) is 53.6 Å². The number of rotatable bonds is 5. The van der Waals surface area contributed by atoms with Gasteiger partial charge in [0.15, 0.2) is 17.3 Å². The molecule has 5 rings (SSSR count). The van der Waals surface area contributed by atoms with Crippen molar-refractivity contribution in [3.63, 3.8) is 0 Å². The van der Waals surface area contributed by atoms with Crippen molar-refractivity contribution in [2.24, 2.45) is 0 Å². The molecule has 0 unspecified atom stereocenters. The Kier molecular flexibility index (Phi) is 4.51. The SMILES string of the molecule is O=C1/C(=C/c2ccc3c(c2)OCO3)Oc2cc(OCc3ccc([N+](=O)[O-])cc3)ccc21.